The maximum atomic E-state index is 12.6. The summed E-state index contributed by atoms with van der Waals surface area (Å²) in [6, 6.07) is 1.98. The lowest BCUT2D eigenvalue weighted by molar-refractivity contribution is -0.143. The van der Waals surface area contributed by atoms with Gasteiger partial charge in [-0.25, -0.2) is 0 Å². The van der Waals surface area contributed by atoms with Crippen molar-refractivity contribution in [3.8, 4) is 0 Å². The smallest absolute Gasteiger partial charge is 0.308 e. The molecule has 1 aliphatic heterocycles. The van der Waals surface area contributed by atoms with Gasteiger partial charge in [-0.1, -0.05) is 0 Å². The van der Waals surface area contributed by atoms with Crippen LogP contribution in [0.5, 0.6) is 0 Å². The fourth-order valence-corrected chi connectivity index (χ4v) is 3.01. The molecule has 1 aromatic heterocycles. The molecule has 0 radical (unpaired) electrons. The van der Waals surface area contributed by atoms with Gasteiger partial charge in [0, 0.05) is 29.8 Å². The van der Waals surface area contributed by atoms with Gasteiger partial charge in [-0.2, -0.15) is 0 Å². The average molecular weight is 343 g/mol. The summed E-state index contributed by atoms with van der Waals surface area (Å²) in [6.45, 7) is 4.96. The number of carbonyl (C=O) groups excluding carboxylic acids is 1. The first kappa shape index (κ1) is 15.1. The van der Waals surface area contributed by atoms with E-state index in [2.05, 4.69) is 15.9 Å². The molecule has 2 heterocycles. The van der Waals surface area contributed by atoms with Gasteiger partial charge in [0.15, 0.2) is 0 Å². The molecule has 0 aromatic carbocycles. The van der Waals surface area contributed by atoms with E-state index < -0.39 is 11.9 Å². The zero-order chi connectivity index (χ0) is 14.9. The van der Waals surface area contributed by atoms with Gasteiger partial charge in [0.2, 0.25) is 0 Å². The Balaban J connectivity index is 2.21. The molecule has 20 heavy (non-hydrogen) atoms. The molecule has 110 valence electrons. The van der Waals surface area contributed by atoms with Gasteiger partial charge in [0.05, 0.1) is 5.92 Å². The highest BCUT2D eigenvalue weighted by Crippen LogP contribution is 2.23. The third-order valence-corrected chi connectivity index (χ3v) is 4.08. The highest BCUT2D eigenvalue weighted by molar-refractivity contribution is 9.10. The van der Waals surface area contributed by atoms with Crippen LogP contribution in [0.4, 0.5) is 0 Å². The summed E-state index contributed by atoms with van der Waals surface area (Å²) < 4.78 is 2.78. The summed E-state index contributed by atoms with van der Waals surface area (Å²) in [5, 5.41) is 9.10. The zero-order valence-electron chi connectivity index (χ0n) is 11.7. The normalized spacial score (nSPS) is 19.4. The van der Waals surface area contributed by atoms with Crippen molar-refractivity contribution in [2.45, 2.75) is 32.7 Å². The topological polar surface area (TPSA) is 62.5 Å². The zero-order valence-corrected chi connectivity index (χ0v) is 13.3. The van der Waals surface area contributed by atoms with Crippen LogP contribution in [0.1, 0.15) is 43.2 Å². The van der Waals surface area contributed by atoms with E-state index in [9.17, 15) is 9.59 Å². The Bertz CT molecular complexity index is 524. The predicted octanol–water partition coefficient (Wildman–Crippen LogP) is 2.77. The Morgan fingerprint density at radius 1 is 1.45 bits per heavy atom. The number of aliphatic carboxylic acids is 1. The first-order chi connectivity index (χ1) is 9.40. The molecular weight excluding hydrogens is 324 g/mol. The average Bonchev–Trinajstić information content (AvgIpc) is 2.80. The van der Waals surface area contributed by atoms with E-state index in [4.69, 9.17) is 5.11 Å². The summed E-state index contributed by atoms with van der Waals surface area (Å²) in [5.41, 5.74) is 0.609. The number of rotatable bonds is 3. The number of carboxylic acid groups (broad SMARTS) is 1. The van der Waals surface area contributed by atoms with E-state index in [-0.39, 0.29) is 11.9 Å². The van der Waals surface area contributed by atoms with Crippen molar-refractivity contribution in [1.82, 2.24) is 9.47 Å². The Hall–Kier alpha value is -1.30. The predicted molar refractivity (Wildman–Crippen MR) is 78.8 cm³/mol. The molecule has 0 bridgehead atoms. The minimum absolute atomic E-state index is 0.0876. The molecule has 1 saturated heterocycles. The summed E-state index contributed by atoms with van der Waals surface area (Å²) in [4.78, 5) is 25.3. The second kappa shape index (κ2) is 5.99. The quantitative estimate of drug-likeness (QED) is 0.918. The van der Waals surface area contributed by atoms with E-state index >= 15 is 0 Å². The van der Waals surface area contributed by atoms with Crippen LogP contribution < -0.4 is 0 Å². The van der Waals surface area contributed by atoms with Crippen LogP contribution in [0.2, 0.25) is 0 Å². The van der Waals surface area contributed by atoms with Crippen LogP contribution in [0, 0.1) is 5.92 Å². The van der Waals surface area contributed by atoms with Crippen LogP contribution >= 0.6 is 15.9 Å². The minimum atomic E-state index is -0.817. The second-order valence-corrected chi connectivity index (χ2v) is 6.39. The van der Waals surface area contributed by atoms with Gasteiger partial charge < -0.3 is 14.6 Å². The number of likely N-dealkylation sites (tertiary alicyclic amines) is 1. The van der Waals surface area contributed by atoms with E-state index in [0.717, 1.165) is 10.9 Å². The van der Waals surface area contributed by atoms with Gasteiger partial charge in [0.1, 0.15) is 5.69 Å². The summed E-state index contributed by atoms with van der Waals surface area (Å²) in [5.74, 6) is -1.35. The van der Waals surface area contributed by atoms with E-state index in [0.29, 0.717) is 25.2 Å². The Morgan fingerprint density at radius 3 is 2.75 bits per heavy atom. The molecule has 0 saturated carbocycles. The number of aromatic nitrogens is 1. The number of nitrogens with zero attached hydrogens (tertiary/aromatic N) is 2. The molecule has 1 N–H and O–H groups in total. The number of hydrogen-bond donors (Lipinski definition) is 1. The number of piperidine rings is 1. The second-order valence-electron chi connectivity index (χ2n) is 5.47. The van der Waals surface area contributed by atoms with Crippen molar-refractivity contribution in [2.24, 2.45) is 5.92 Å². The summed E-state index contributed by atoms with van der Waals surface area (Å²) in [6.07, 6.45) is 3.27. The van der Waals surface area contributed by atoms with Gasteiger partial charge >= 0.3 is 5.97 Å². The molecule has 1 aliphatic rings. The number of amides is 1. The van der Waals surface area contributed by atoms with Gasteiger partial charge in [-0.3, -0.25) is 9.59 Å². The third kappa shape index (κ3) is 3.06. The fraction of sp³-hybridized carbons (Fsp3) is 0.571. The minimum Gasteiger partial charge on any atom is -0.481 e. The van der Waals surface area contributed by atoms with Crippen molar-refractivity contribution in [1.29, 1.82) is 0 Å². The Kier molecular flexibility index (Phi) is 4.52. The van der Waals surface area contributed by atoms with Gasteiger partial charge in [-0.15, -0.1) is 0 Å². The van der Waals surface area contributed by atoms with E-state index in [1.54, 1.807) is 11.0 Å². The molecule has 0 unspecified atom stereocenters. The number of carboxylic acids is 1. The van der Waals surface area contributed by atoms with Crippen molar-refractivity contribution in [3.63, 3.8) is 0 Å². The van der Waals surface area contributed by atoms with Crippen LogP contribution in [0.3, 0.4) is 0 Å². The van der Waals surface area contributed by atoms with Gasteiger partial charge in [0.25, 0.3) is 5.91 Å². The largest absolute Gasteiger partial charge is 0.481 e. The van der Waals surface area contributed by atoms with E-state index in [1.807, 2.05) is 24.6 Å². The fourth-order valence-electron chi connectivity index (χ4n) is 2.57. The van der Waals surface area contributed by atoms with Crippen LogP contribution in [-0.2, 0) is 4.79 Å². The Labute approximate surface area is 126 Å². The first-order valence-electron chi connectivity index (χ1n) is 6.79. The molecule has 1 amide bonds. The lowest BCUT2D eigenvalue weighted by Gasteiger charge is -2.31. The van der Waals surface area contributed by atoms with Gasteiger partial charge in [-0.05, 0) is 48.7 Å². The highest BCUT2D eigenvalue weighted by Gasteiger charge is 2.30. The number of halogens is 1. The lowest BCUT2D eigenvalue weighted by Crippen LogP contribution is -2.43. The van der Waals surface area contributed by atoms with Crippen LogP contribution in [-0.4, -0.2) is 39.5 Å². The summed E-state index contributed by atoms with van der Waals surface area (Å²) >= 11 is 3.39. The first-order valence-corrected chi connectivity index (χ1v) is 7.59. The molecule has 0 spiro atoms. The third-order valence-electron chi connectivity index (χ3n) is 3.65. The van der Waals surface area contributed by atoms with Crippen molar-refractivity contribution >= 4 is 27.8 Å². The molecule has 1 fully saturated rings. The molecule has 1 atom stereocenters. The molecular formula is C14H19BrN2O3. The lowest BCUT2D eigenvalue weighted by atomic mass is 9.98. The molecule has 0 aliphatic carbocycles. The Morgan fingerprint density at radius 2 is 2.15 bits per heavy atom. The van der Waals surface area contributed by atoms with E-state index in [1.165, 1.54) is 0 Å². The van der Waals surface area contributed by atoms with Crippen LogP contribution in [0.15, 0.2) is 16.7 Å². The molecule has 6 heteroatoms. The van der Waals surface area contributed by atoms with Crippen molar-refractivity contribution in [3.05, 3.63) is 22.4 Å². The maximum Gasteiger partial charge on any atom is 0.308 e. The highest BCUT2D eigenvalue weighted by atomic mass is 79.9. The number of hydrogen-bond acceptors (Lipinski definition) is 2. The van der Waals surface area contributed by atoms with Crippen molar-refractivity contribution in [2.75, 3.05) is 13.1 Å². The molecule has 2 rings (SSSR count). The molecule has 5 nitrogen and oxygen atoms in total. The monoisotopic (exact) mass is 342 g/mol. The van der Waals surface area contributed by atoms with Crippen molar-refractivity contribution < 1.29 is 14.7 Å². The SMILES string of the molecule is CC(C)n1cc(Br)cc1C(=O)N1CCC[C@@H](C(=O)O)C1. The standard InChI is InChI=1S/C14H19BrN2O3/c1-9(2)17-8-11(15)6-12(17)13(18)16-5-3-4-10(7-16)14(19)20/h6,8-10H,3-5,7H2,1-2H3,(H,19,20)/t10-/m1/s1. The summed E-state index contributed by atoms with van der Waals surface area (Å²) in [7, 11) is 0. The maximum absolute atomic E-state index is 12.6. The van der Waals surface area contributed by atoms with Crippen LogP contribution in [0.25, 0.3) is 0 Å². The number of carbonyl (C=O) groups is 2. The molecule has 1 aromatic rings.